The lowest BCUT2D eigenvalue weighted by atomic mass is 10.3. The summed E-state index contributed by atoms with van der Waals surface area (Å²) in [5, 5.41) is 9.78. The fourth-order valence-corrected chi connectivity index (χ4v) is 2.14. The van der Waals surface area contributed by atoms with E-state index in [9.17, 15) is 0 Å². The highest BCUT2D eigenvalue weighted by Crippen LogP contribution is 2.07. The van der Waals surface area contributed by atoms with Gasteiger partial charge in [-0.05, 0) is 20.3 Å². The largest absolute Gasteiger partial charge is 0.356 e. The van der Waals surface area contributed by atoms with E-state index in [0.717, 1.165) is 42.6 Å². The summed E-state index contributed by atoms with van der Waals surface area (Å²) in [6.07, 6.45) is 6.14. The van der Waals surface area contributed by atoms with Gasteiger partial charge in [0.1, 0.15) is 0 Å². The molecular formula is C13H23IN4S. The molecule has 0 bridgehead atoms. The standard InChI is InChI=1S/C13H22N4S.HI/c1-4-5-6-8-15-13(14-3)16-9-7-12-10-18-11(2)17-12;/h4-5,10H,6-9H2,1-3H3,(H2,14,15,16);1H. The van der Waals surface area contributed by atoms with Crippen LogP contribution in [0.2, 0.25) is 0 Å². The van der Waals surface area contributed by atoms with E-state index < -0.39 is 0 Å². The van der Waals surface area contributed by atoms with Gasteiger partial charge in [0.25, 0.3) is 0 Å². The minimum absolute atomic E-state index is 0. The van der Waals surface area contributed by atoms with Crippen molar-refractivity contribution in [2.45, 2.75) is 26.7 Å². The van der Waals surface area contributed by atoms with Gasteiger partial charge in [0.15, 0.2) is 5.96 Å². The number of halogens is 1. The van der Waals surface area contributed by atoms with Gasteiger partial charge in [-0.3, -0.25) is 4.99 Å². The summed E-state index contributed by atoms with van der Waals surface area (Å²) >= 11 is 1.70. The number of nitrogens with one attached hydrogen (secondary N) is 2. The van der Waals surface area contributed by atoms with Crippen LogP contribution < -0.4 is 10.6 Å². The average molecular weight is 394 g/mol. The molecule has 0 amide bonds. The van der Waals surface area contributed by atoms with Crippen molar-refractivity contribution in [1.29, 1.82) is 0 Å². The summed E-state index contributed by atoms with van der Waals surface area (Å²) in [5.74, 6) is 0.853. The van der Waals surface area contributed by atoms with Crippen LogP contribution in [0.1, 0.15) is 24.0 Å². The van der Waals surface area contributed by atoms with E-state index in [2.05, 4.69) is 38.1 Å². The molecule has 0 fully saturated rings. The summed E-state index contributed by atoms with van der Waals surface area (Å²) in [5.41, 5.74) is 1.15. The van der Waals surface area contributed by atoms with Crippen LogP contribution >= 0.6 is 35.3 Å². The number of aryl methyl sites for hydroxylation is 1. The number of rotatable bonds is 6. The molecule has 0 radical (unpaired) electrons. The molecule has 0 unspecified atom stereocenters. The fraction of sp³-hybridized carbons (Fsp3) is 0.538. The van der Waals surface area contributed by atoms with Gasteiger partial charge in [-0.1, -0.05) is 12.2 Å². The van der Waals surface area contributed by atoms with E-state index in [1.54, 1.807) is 18.4 Å². The second kappa shape index (κ2) is 11.2. The molecule has 1 heterocycles. The Morgan fingerprint density at radius 3 is 2.74 bits per heavy atom. The molecule has 6 heteroatoms. The second-order valence-electron chi connectivity index (χ2n) is 3.89. The van der Waals surface area contributed by atoms with E-state index in [1.807, 2.05) is 13.8 Å². The summed E-state index contributed by atoms with van der Waals surface area (Å²) in [4.78, 5) is 8.60. The molecule has 19 heavy (non-hydrogen) atoms. The Morgan fingerprint density at radius 1 is 1.42 bits per heavy atom. The van der Waals surface area contributed by atoms with Gasteiger partial charge in [-0.25, -0.2) is 4.98 Å². The summed E-state index contributed by atoms with van der Waals surface area (Å²) in [6.45, 7) is 5.82. The van der Waals surface area contributed by atoms with Gasteiger partial charge in [0.2, 0.25) is 0 Å². The molecule has 1 aromatic rings. The lowest BCUT2D eigenvalue weighted by Gasteiger charge is -2.10. The topological polar surface area (TPSA) is 49.3 Å². The minimum atomic E-state index is 0. The molecule has 0 saturated heterocycles. The first kappa shape index (κ1) is 18.4. The maximum Gasteiger partial charge on any atom is 0.190 e. The molecule has 0 atom stereocenters. The van der Waals surface area contributed by atoms with Crippen molar-refractivity contribution in [3.8, 4) is 0 Å². The Morgan fingerprint density at radius 2 is 2.16 bits per heavy atom. The van der Waals surface area contributed by atoms with Gasteiger partial charge in [-0.15, -0.1) is 35.3 Å². The number of thiazole rings is 1. The van der Waals surface area contributed by atoms with Crippen molar-refractivity contribution >= 4 is 41.3 Å². The van der Waals surface area contributed by atoms with Crippen LogP contribution in [-0.4, -0.2) is 31.1 Å². The van der Waals surface area contributed by atoms with Crippen LogP contribution in [0.25, 0.3) is 0 Å². The molecular weight excluding hydrogens is 371 g/mol. The van der Waals surface area contributed by atoms with Crippen LogP contribution in [0.15, 0.2) is 22.5 Å². The Hall–Kier alpha value is -0.630. The van der Waals surface area contributed by atoms with Gasteiger partial charge in [0.05, 0.1) is 10.7 Å². The maximum atomic E-state index is 4.43. The predicted molar refractivity (Wildman–Crippen MR) is 94.8 cm³/mol. The number of aromatic nitrogens is 1. The van der Waals surface area contributed by atoms with E-state index in [0.29, 0.717) is 0 Å². The molecule has 4 nitrogen and oxygen atoms in total. The number of hydrogen-bond acceptors (Lipinski definition) is 3. The van der Waals surface area contributed by atoms with Crippen LogP contribution in [0.5, 0.6) is 0 Å². The summed E-state index contributed by atoms with van der Waals surface area (Å²) in [6, 6.07) is 0. The highest BCUT2D eigenvalue weighted by molar-refractivity contribution is 14.0. The smallest absolute Gasteiger partial charge is 0.190 e. The maximum absolute atomic E-state index is 4.43. The van der Waals surface area contributed by atoms with E-state index in [4.69, 9.17) is 0 Å². The molecule has 0 aromatic carbocycles. The van der Waals surface area contributed by atoms with Gasteiger partial charge >= 0.3 is 0 Å². The number of nitrogens with zero attached hydrogens (tertiary/aromatic N) is 2. The molecule has 0 aliphatic rings. The van der Waals surface area contributed by atoms with E-state index in [-0.39, 0.29) is 24.0 Å². The van der Waals surface area contributed by atoms with Crippen molar-refractivity contribution in [3.63, 3.8) is 0 Å². The normalized spacial score (nSPS) is 11.4. The third-order valence-corrected chi connectivity index (χ3v) is 3.23. The lowest BCUT2D eigenvalue weighted by Crippen LogP contribution is -2.38. The molecule has 0 saturated carbocycles. The van der Waals surface area contributed by atoms with Gasteiger partial charge in [0, 0.05) is 31.9 Å². The number of aliphatic imine (C=N–C) groups is 1. The Kier molecular flexibility index (Phi) is 10.8. The van der Waals surface area contributed by atoms with Crippen LogP contribution in [0.4, 0.5) is 0 Å². The summed E-state index contributed by atoms with van der Waals surface area (Å²) < 4.78 is 0. The van der Waals surface area contributed by atoms with Crippen LogP contribution in [0, 0.1) is 6.92 Å². The first-order valence-electron chi connectivity index (χ1n) is 6.23. The molecule has 0 spiro atoms. The van der Waals surface area contributed by atoms with Crippen molar-refractivity contribution in [3.05, 3.63) is 28.2 Å². The third kappa shape index (κ3) is 8.20. The molecule has 108 valence electrons. The first-order chi connectivity index (χ1) is 8.76. The minimum Gasteiger partial charge on any atom is -0.356 e. The Bertz CT molecular complexity index is 401. The number of hydrogen-bond donors (Lipinski definition) is 2. The molecule has 0 aliphatic carbocycles. The van der Waals surface area contributed by atoms with Crippen molar-refractivity contribution in [2.24, 2.45) is 4.99 Å². The first-order valence-corrected chi connectivity index (χ1v) is 7.11. The lowest BCUT2D eigenvalue weighted by molar-refractivity contribution is 0.783. The SMILES string of the molecule is CC=CCCNC(=NC)NCCc1csc(C)n1.I. The quantitative estimate of drug-likeness (QED) is 0.257. The third-order valence-electron chi connectivity index (χ3n) is 2.40. The predicted octanol–water partition coefficient (Wildman–Crippen LogP) is 2.74. The summed E-state index contributed by atoms with van der Waals surface area (Å²) in [7, 11) is 1.79. The van der Waals surface area contributed by atoms with E-state index in [1.165, 1.54) is 0 Å². The Balaban J connectivity index is 0.00000324. The van der Waals surface area contributed by atoms with Crippen molar-refractivity contribution in [2.75, 3.05) is 20.1 Å². The van der Waals surface area contributed by atoms with Crippen LogP contribution in [-0.2, 0) is 6.42 Å². The zero-order valence-corrected chi connectivity index (χ0v) is 14.9. The van der Waals surface area contributed by atoms with Gasteiger partial charge < -0.3 is 10.6 Å². The second-order valence-corrected chi connectivity index (χ2v) is 4.95. The van der Waals surface area contributed by atoms with Gasteiger partial charge in [-0.2, -0.15) is 0 Å². The zero-order valence-electron chi connectivity index (χ0n) is 11.8. The molecule has 2 N–H and O–H groups in total. The molecule has 1 rings (SSSR count). The monoisotopic (exact) mass is 394 g/mol. The highest BCUT2D eigenvalue weighted by atomic mass is 127. The van der Waals surface area contributed by atoms with E-state index >= 15 is 0 Å². The number of allylic oxidation sites excluding steroid dienone is 1. The highest BCUT2D eigenvalue weighted by Gasteiger charge is 1.99. The van der Waals surface area contributed by atoms with Crippen molar-refractivity contribution in [1.82, 2.24) is 15.6 Å². The average Bonchev–Trinajstić information content (AvgIpc) is 2.78. The van der Waals surface area contributed by atoms with Crippen molar-refractivity contribution < 1.29 is 0 Å². The van der Waals surface area contributed by atoms with Crippen LogP contribution in [0.3, 0.4) is 0 Å². The zero-order chi connectivity index (χ0) is 13.2. The Labute approximate surface area is 136 Å². The molecule has 1 aromatic heterocycles. The number of guanidine groups is 1. The molecule has 0 aliphatic heterocycles. The fourth-order valence-electron chi connectivity index (χ4n) is 1.49.